The summed E-state index contributed by atoms with van der Waals surface area (Å²) in [4.78, 5) is 0. The second-order valence-corrected chi connectivity index (χ2v) is 6.11. The predicted molar refractivity (Wildman–Crippen MR) is 87.0 cm³/mol. The van der Waals surface area contributed by atoms with E-state index in [0.29, 0.717) is 6.54 Å². The van der Waals surface area contributed by atoms with Crippen LogP contribution in [0.2, 0.25) is 5.02 Å². The Kier molecular flexibility index (Phi) is 5.61. The lowest BCUT2D eigenvalue weighted by molar-refractivity contribution is 0.170. The average Bonchev–Trinajstić information content (AvgIpc) is 2.44. The summed E-state index contributed by atoms with van der Waals surface area (Å²) < 4.78 is 0.969. The predicted octanol–water partition coefficient (Wildman–Crippen LogP) is 4.49. The molecule has 0 saturated carbocycles. The van der Waals surface area contributed by atoms with Crippen LogP contribution in [-0.2, 0) is 0 Å². The van der Waals surface area contributed by atoms with E-state index in [1.165, 1.54) is 0 Å². The number of aliphatic hydroxyl groups is 1. The van der Waals surface area contributed by atoms with E-state index in [2.05, 4.69) is 28.2 Å². The number of benzene rings is 2. The van der Waals surface area contributed by atoms with Gasteiger partial charge in [-0.25, -0.2) is 0 Å². The van der Waals surface area contributed by atoms with Crippen LogP contribution < -0.4 is 5.32 Å². The van der Waals surface area contributed by atoms with Gasteiger partial charge in [-0.1, -0.05) is 51.8 Å². The van der Waals surface area contributed by atoms with Crippen LogP contribution in [0.25, 0.3) is 0 Å². The van der Waals surface area contributed by atoms with Gasteiger partial charge in [-0.05, 0) is 42.3 Å². The molecular formula is C16H17BrClNO. The number of rotatable bonds is 5. The Labute approximate surface area is 132 Å². The van der Waals surface area contributed by atoms with Crippen molar-refractivity contribution in [3.8, 4) is 0 Å². The summed E-state index contributed by atoms with van der Waals surface area (Å²) in [5, 5.41) is 14.2. The second-order valence-electron chi connectivity index (χ2n) is 4.76. The van der Waals surface area contributed by atoms with E-state index in [1.54, 1.807) is 0 Å². The summed E-state index contributed by atoms with van der Waals surface area (Å²) in [5.41, 5.74) is 2.00. The van der Waals surface area contributed by atoms with Crippen LogP contribution in [0, 0.1) is 0 Å². The van der Waals surface area contributed by atoms with Crippen LogP contribution in [0.5, 0.6) is 0 Å². The van der Waals surface area contributed by atoms with Crippen molar-refractivity contribution in [1.29, 1.82) is 0 Å². The summed E-state index contributed by atoms with van der Waals surface area (Å²) in [6.45, 7) is 2.55. The second kappa shape index (κ2) is 7.23. The highest BCUT2D eigenvalue weighted by atomic mass is 79.9. The lowest BCUT2D eigenvalue weighted by atomic mass is 10.1. The molecule has 0 aromatic heterocycles. The fourth-order valence-corrected chi connectivity index (χ4v) is 2.63. The van der Waals surface area contributed by atoms with Crippen LogP contribution in [-0.4, -0.2) is 11.7 Å². The first-order chi connectivity index (χ1) is 9.56. The van der Waals surface area contributed by atoms with Gasteiger partial charge >= 0.3 is 0 Å². The van der Waals surface area contributed by atoms with Gasteiger partial charge in [0.15, 0.2) is 0 Å². The average molecular weight is 355 g/mol. The lowest BCUT2D eigenvalue weighted by Gasteiger charge is -2.18. The Balaban J connectivity index is 1.94. The summed E-state index contributed by atoms with van der Waals surface area (Å²) in [7, 11) is 0. The van der Waals surface area contributed by atoms with Crippen LogP contribution in [0.1, 0.15) is 30.2 Å². The molecule has 20 heavy (non-hydrogen) atoms. The molecule has 2 aromatic carbocycles. The molecule has 0 amide bonds. The highest BCUT2D eigenvalue weighted by molar-refractivity contribution is 9.10. The minimum atomic E-state index is -0.533. The summed E-state index contributed by atoms with van der Waals surface area (Å²) in [6.07, 6.45) is -0.533. The van der Waals surface area contributed by atoms with Crippen molar-refractivity contribution in [2.75, 3.05) is 6.54 Å². The molecule has 2 aromatic rings. The van der Waals surface area contributed by atoms with Crippen molar-refractivity contribution in [2.24, 2.45) is 0 Å². The fourth-order valence-electron chi connectivity index (χ4n) is 2.01. The SMILES string of the molecule is C[C@H](NCC(O)c1cccc(Br)c1)c1cccc(Cl)c1. The first-order valence-corrected chi connectivity index (χ1v) is 7.66. The molecule has 0 aliphatic heterocycles. The number of halogens is 2. The van der Waals surface area contributed by atoms with Crippen molar-refractivity contribution in [1.82, 2.24) is 5.32 Å². The van der Waals surface area contributed by atoms with Crippen molar-refractivity contribution < 1.29 is 5.11 Å². The Morgan fingerprint density at radius 3 is 2.55 bits per heavy atom. The molecular weight excluding hydrogens is 338 g/mol. The molecule has 0 heterocycles. The van der Waals surface area contributed by atoms with E-state index in [-0.39, 0.29) is 6.04 Å². The molecule has 0 bridgehead atoms. The number of hydrogen-bond acceptors (Lipinski definition) is 2. The zero-order chi connectivity index (χ0) is 14.5. The Morgan fingerprint density at radius 2 is 1.85 bits per heavy atom. The standard InChI is InChI=1S/C16H17BrClNO/c1-11(12-4-3-7-15(18)9-12)19-10-16(20)13-5-2-6-14(17)8-13/h2-9,11,16,19-20H,10H2,1H3/t11-,16?/m0/s1. The first kappa shape index (κ1) is 15.5. The molecule has 0 spiro atoms. The Morgan fingerprint density at radius 1 is 1.15 bits per heavy atom. The van der Waals surface area contributed by atoms with Crippen LogP contribution >= 0.6 is 27.5 Å². The van der Waals surface area contributed by atoms with Gasteiger partial charge in [-0.15, -0.1) is 0 Å². The molecule has 2 N–H and O–H groups in total. The highest BCUT2D eigenvalue weighted by Gasteiger charge is 2.11. The summed E-state index contributed by atoms with van der Waals surface area (Å²) >= 11 is 9.39. The smallest absolute Gasteiger partial charge is 0.0914 e. The molecule has 0 aliphatic rings. The van der Waals surface area contributed by atoms with Gasteiger partial charge in [0.05, 0.1) is 6.10 Å². The van der Waals surface area contributed by atoms with E-state index in [1.807, 2.05) is 48.5 Å². The van der Waals surface area contributed by atoms with Crippen molar-refractivity contribution in [2.45, 2.75) is 19.1 Å². The van der Waals surface area contributed by atoms with Gasteiger partial charge in [0, 0.05) is 22.1 Å². The zero-order valence-corrected chi connectivity index (χ0v) is 13.5. The topological polar surface area (TPSA) is 32.3 Å². The van der Waals surface area contributed by atoms with E-state index < -0.39 is 6.10 Å². The van der Waals surface area contributed by atoms with Gasteiger partial charge < -0.3 is 10.4 Å². The lowest BCUT2D eigenvalue weighted by Crippen LogP contribution is -2.24. The third kappa shape index (κ3) is 4.32. The van der Waals surface area contributed by atoms with Crippen LogP contribution in [0.3, 0.4) is 0 Å². The number of hydrogen-bond donors (Lipinski definition) is 2. The Hall–Kier alpha value is -0.870. The van der Waals surface area contributed by atoms with E-state index in [0.717, 1.165) is 20.6 Å². The zero-order valence-electron chi connectivity index (χ0n) is 11.2. The molecule has 0 aliphatic carbocycles. The minimum Gasteiger partial charge on any atom is -0.387 e. The quantitative estimate of drug-likeness (QED) is 0.829. The normalized spacial score (nSPS) is 14.0. The third-order valence-electron chi connectivity index (χ3n) is 3.20. The number of aliphatic hydroxyl groups excluding tert-OH is 1. The number of nitrogens with one attached hydrogen (secondary N) is 1. The largest absolute Gasteiger partial charge is 0.387 e. The monoisotopic (exact) mass is 353 g/mol. The molecule has 0 saturated heterocycles. The van der Waals surface area contributed by atoms with Crippen molar-refractivity contribution >= 4 is 27.5 Å². The van der Waals surface area contributed by atoms with Gasteiger partial charge in [0.25, 0.3) is 0 Å². The molecule has 106 valence electrons. The maximum Gasteiger partial charge on any atom is 0.0914 e. The Bertz CT molecular complexity index is 524. The molecule has 0 radical (unpaired) electrons. The molecule has 2 nitrogen and oxygen atoms in total. The van der Waals surface area contributed by atoms with Gasteiger partial charge in [0.2, 0.25) is 0 Å². The van der Waals surface area contributed by atoms with Crippen molar-refractivity contribution in [3.63, 3.8) is 0 Å². The van der Waals surface area contributed by atoms with Gasteiger partial charge in [-0.3, -0.25) is 0 Å². The highest BCUT2D eigenvalue weighted by Crippen LogP contribution is 2.20. The first-order valence-electron chi connectivity index (χ1n) is 6.48. The van der Waals surface area contributed by atoms with E-state index in [9.17, 15) is 5.11 Å². The van der Waals surface area contributed by atoms with Crippen LogP contribution in [0.15, 0.2) is 53.0 Å². The van der Waals surface area contributed by atoms with E-state index >= 15 is 0 Å². The summed E-state index contributed by atoms with van der Waals surface area (Å²) in [5.74, 6) is 0. The van der Waals surface area contributed by atoms with Crippen molar-refractivity contribution in [3.05, 3.63) is 69.2 Å². The minimum absolute atomic E-state index is 0.135. The van der Waals surface area contributed by atoms with Gasteiger partial charge in [-0.2, -0.15) is 0 Å². The van der Waals surface area contributed by atoms with Crippen LogP contribution in [0.4, 0.5) is 0 Å². The molecule has 4 heteroatoms. The third-order valence-corrected chi connectivity index (χ3v) is 3.93. The summed E-state index contributed by atoms with van der Waals surface area (Å²) in [6, 6.07) is 15.6. The molecule has 0 fully saturated rings. The molecule has 1 unspecified atom stereocenters. The maximum absolute atomic E-state index is 10.2. The molecule has 2 atom stereocenters. The molecule has 2 rings (SSSR count). The van der Waals surface area contributed by atoms with E-state index in [4.69, 9.17) is 11.6 Å². The van der Waals surface area contributed by atoms with Gasteiger partial charge in [0.1, 0.15) is 0 Å². The fraction of sp³-hybridized carbons (Fsp3) is 0.250. The maximum atomic E-state index is 10.2.